The van der Waals surface area contributed by atoms with Gasteiger partial charge in [-0.2, -0.15) is 0 Å². The monoisotopic (exact) mass is 99.1 g/mol. The minimum absolute atomic E-state index is 1.04. The lowest BCUT2D eigenvalue weighted by molar-refractivity contribution is -0.502. The van der Waals surface area contributed by atoms with Crippen LogP contribution in [0.15, 0.2) is 0 Å². The third kappa shape index (κ3) is 0.996. The minimum Gasteiger partial charge on any atom is -0.256 e. The Bertz CT molecular complexity index is 78.1. The van der Waals surface area contributed by atoms with E-state index in [-0.39, 0.29) is 0 Å². The van der Waals surface area contributed by atoms with Crippen LogP contribution in [0.5, 0.6) is 0 Å². The highest BCUT2D eigenvalue weighted by Crippen LogP contribution is 1.77. The fourth-order valence-corrected chi connectivity index (χ4v) is 0.745. The molecule has 0 aromatic rings. The molecule has 0 amide bonds. The molecule has 0 aromatic carbocycles. The van der Waals surface area contributed by atoms with E-state index in [1.807, 2.05) is 0 Å². The van der Waals surface area contributed by atoms with Gasteiger partial charge in [0.15, 0.2) is 13.2 Å². The minimum atomic E-state index is 1.04. The van der Waals surface area contributed by atoms with Gasteiger partial charge in [0.05, 0.1) is 6.54 Å². The Morgan fingerprint density at radius 2 is 2.57 bits per heavy atom. The van der Waals surface area contributed by atoms with Gasteiger partial charge >= 0.3 is 0 Å². The summed E-state index contributed by atoms with van der Waals surface area (Å²) in [5, 5.41) is 3.22. The van der Waals surface area contributed by atoms with Gasteiger partial charge in [0.1, 0.15) is 6.21 Å². The molecule has 0 atom stereocenters. The van der Waals surface area contributed by atoms with Crippen LogP contribution >= 0.6 is 0 Å². The molecule has 1 fully saturated rings. The van der Waals surface area contributed by atoms with Gasteiger partial charge in [-0.25, -0.2) is 4.58 Å². The Kier molecular flexibility index (Phi) is 1.42. The predicted octanol–water partition coefficient (Wildman–Crippen LogP) is -0.350. The summed E-state index contributed by atoms with van der Waals surface area (Å²) in [5.74, 6) is 0. The van der Waals surface area contributed by atoms with Crippen molar-refractivity contribution in [3.63, 3.8) is 0 Å². The molecule has 0 unspecified atom stereocenters. The first-order chi connectivity index (χ1) is 3.43. The maximum Gasteiger partial charge on any atom is 0.196 e. The van der Waals surface area contributed by atoms with Crippen LogP contribution in [0.1, 0.15) is 6.92 Å². The molecule has 1 aliphatic rings. The van der Waals surface area contributed by atoms with Crippen molar-refractivity contribution in [3.05, 3.63) is 0 Å². The molecule has 1 heterocycles. The van der Waals surface area contributed by atoms with Gasteiger partial charge in [0.2, 0.25) is 0 Å². The topological polar surface area (TPSA) is 15.0 Å². The fourth-order valence-electron chi connectivity index (χ4n) is 0.745. The lowest BCUT2D eigenvalue weighted by atomic mass is 10.7. The van der Waals surface area contributed by atoms with Crippen molar-refractivity contribution in [3.8, 4) is 0 Å². The van der Waals surface area contributed by atoms with Gasteiger partial charge < -0.3 is 0 Å². The smallest absolute Gasteiger partial charge is 0.196 e. The Balaban J connectivity index is 2.41. The first-order valence-electron chi connectivity index (χ1n) is 2.68. The molecular weight excluding hydrogens is 88.1 g/mol. The van der Waals surface area contributed by atoms with Crippen LogP contribution in [-0.2, 0) is 0 Å². The van der Waals surface area contributed by atoms with Crippen LogP contribution in [0.25, 0.3) is 0 Å². The third-order valence-electron chi connectivity index (χ3n) is 1.26. The van der Waals surface area contributed by atoms with Gasteiger partial charge in [0.25, 0.3) is 0 Å². The van der Waals surface area contributed by atoms with E-state index in [9.17, 15) is 0 Å². The van der Waals surface area contributed by atoms with Crippen LogP contribution in [0, 0.1) is 0 Å². The van der Waals surface area contributed by atoms with Crippen molar-refractivity contribution >= 4 is 6.21 Å². The summed E-state index contributed by atoms with van der Waals surface area (Å²) in [6.45, 7) is 5.42. The lowest BCUT2D eigenvalue weighted by Crippen LogP contribution is -2.10. The van der Waals surface area contributed by atoms with Crippen molar-refractivity contribution in [1.29, 1.82) is 0 Å². The number of nitrogens with zero attached hydrogens (tertiary/aromatic N) is 1. The number of nitrogens with one attached hydrogen (secondary N) is 1. The van der Waals surface area contributed by atoms with Gasteiger partial charge in [-0.15, -0.1) is 0 Å². The predicted molar refractivity (Wildman–Crippen MR) is 29.7 cm³/mol. The largest absolute Gasteiger partial charge is 0.256 e. The average molecular weight is 99.2 g/mol. The zero-order valence-corrected chi connectivity index (χ0v) is 4.65. The molecule has 7 heavy (non-hydrogen) atoms. The molecule has 1 aliphatic heterocycles. The molecule has 2 heteroatoms. The summed E-state index contributed by atoms with van der Waals surface area (Å²) < 4.78 is 2.25. The van der Waals surface area contributed by atoms with E-state index >= 15 is 0 Å². The Hall–Kier alpha value is -0.370. The zero-order valence-electron chi connectivity index (χ0n) is 4.65. The highest BCUT2D eigenvalue weighted by atomic mass is 15.2. The summed E-state index contributed by atoms with van der Waals surface area (Å²) in [6, 6.07) is 0. The Labute approximate surface area is 43.8 Å². The van der Waals surface area contributed by atoms with Crippen molar-refractivity contribution in [1.82, 2.24) is 5.32 Å². The summed E-state index contributed by atoms with van der Waals surface area (Å²) in [4.78, 5) is 0. The van der Waals surface area contributed by atoms with Crippen molar-refractivity contribution < 1.29 is 4.58 Å². The molecule has 0 aliphatic carbocycles. The molecule has 1 rings (SSSR count). The molecule has 40 valence electrons. The van der Waals surface area contributed by atoms with Crippen molar-refractivity contribution in [2.24, 2.45) is 0 Å². The quantitative estimate of drug-likeness (QED) is 0.410. The van der Waals surface area contributed by atoms with E-state index in [2.05, 4.69) is 23.0 Å². The highest BCUT2D eigenvalue weighted by molar-refractivity contribution is 5.46. The van der Waals surface area contributed by atoms with Gasteiger partial charge in [-0.05, 0) is 0 Å². The normalized spacial score (nSPS) is 26.7. The van der Waals surface area contributed by atoms with Gasteiger partial charge in [-0.3, -0.25) is 5.32 Å². The molecule has 0 saturated carbocycles. The number of hydrogen-bond acceptors (Lipinski definition) is 1. The maximum absolute atomic E-state index is 3.22. The lowest BCUT2D eigenvalue weighted by Gasteiger charge is -1.82. The number of rotatable bonds is 0. The molecule has 1 saturated heterocycles. The Morgan fingerprint density at radius 3 is 2.86 bits per heavy atom. The van der Waals surface area contributed by atoms with E-state index in [4.69, 9.17) is 0 Å². The second-order valence-electron chi connectivity index (χ2n) is 1.73. The second-order valence-corrected chi connectivity index (χ2v) is 1.73. The SMILES string of the molecule is CC=[N+]1CCNC1. The zero-order chi connectivity index (χ0) is 5.11. The average Bonchev–Trinajstić information content (AvgIpc) is 2.14. The van der Waals surface area contributed by atoms with Crippen molar-refractivity contribution in [2.75, 3.05) is 19.8 Å². The van der Waals surface area contributed by atoms with E-state index in [1.54, 1.807) is 0 Å². The standard InChI is InChI=1S/C5H11N2/c1-2-7-4-3-6-5-7/h2,6H,3-5H2,1H3/q+1. The van der Waals surface area contributed by atoms with Crippen LogP contribution in [0.2, 0.25) is 0 Å². The molecule has 0 bridgehead atoms. The molecule has 0 radical (unpaired) electrons. The number of hydrogen-bond donors (Lipinski definition) is 1. The molecular formula is C5H11N2+. The van der Waals surface area contributed by atoms with Crippen LogP contribution in [0.3, 0.4) is 0 Å². The van der Waals surface area contributed by atoms with Gasteiger partial charge in [0, 0.05) is 6.92 Å². The van der Waals surface area contributed by atoms with E-state index in [0.29, 0.717) is 0 Å². The van der Waals surface area contributed by atoms with Gasteiger partial charge in [-0.1, -0.05) is 0 Å². The van der Waals surface area contributed by atoms with Crippen LogP contribution < -0.4 is 5.32 Å². The summed E-state index contributed by atoms with van der Waals surface area (Å²) >= 11 is 0. The van der Waals surface area contributed by atoms with Crippen molar-refractivity contribution in [2.45, 2.75) is 6.92 Å². The summed E-state index contributed by atoms with van der Waals surface area (Å²) in [5.41, 5.74) is 0. The molecule has 1 N–H and O–H groups in total. The van der Waals surface area contributed by atoms with E-state index in [0.717, 1.165) is 13.2 Å². The molecule has 0 aromatic heterocycles. The third-order valence-corrected chi connectivity index (χ3v) is 1.26. The second kappa shape index (κ2) is 2.07. The fraction of sp³-hybridized carbons (Fsp3) is 0.800. The first-order valence-corrected chi connectivity index (χ1v) is 2.68. The van der Waals surface area contributed by atoms with E-state index < -0.39 is 0 Å². The Morgan fingerprint density at radius 1 is 1.71 bits per heavy atom. The summed E-state index contributed by atoms with van der Waals surface area (Å²) in [6.07, 6.45) is 2.11. The highest BCUT2D eigenvalue weighted by Gasteiger charge is 2.07. The molecule has 0 spiro atoms. The molecule has 2 nitrogen and oxygen atoms in total. The van der Waals surface area contributed by atoms with Crippen LogP contribution in [-0.4, -0.2) is 30.5 Å². The van der Waals surface area contributed by atoms with E-state index in [1.165, 1.54) is 6.54 Å². The maximum atomic E-state index is 3.22. The first kappa shape index (κ1) is 4.78. The summed E-state index contributed by atoms with van der Waals surface area (Å²) in [7, 11) is 0. The van der Waals surface area contributed by atoms with Crippen LogP contribution in [0.4, 0.5) is 0 Å².